The van der Waals surface area contributed by atoms with Gasteiger partial charge in [-0.2, -0.15) is 8.78 Å². The first-order valence-electron chi connectivity index (χ1n) is 5.27. The zero-order chi connectivity index (χ0) is 13.8. The van der Waals surface area contributed by atoms with E-state index in [2.05, 4.69) is 15.0 Å². The lowest BCUT2D eigenvalue weighted by Gasteiger charge is -2.09. The quantitative estimate of drug-likeness (QED) is 0.900. The molecule has 7 heteroatoms. The fraction of sp³-hybridized carbons (Fsp3) is 0.0833. The minimum atomic E-state index is -2.84. The van der Waals surface area contributed by atoms with E-state index >= 15 is 0 Å². The molecular weight excluding hydrogens is 276 g/mol. The summed E-state index contributed by atoms with van der Waals surface area (Å²) in [7, 11) is 0. The van der Waals surface area contributed by atoms with Crippen LogP contribution in [-0.2, 0) is 0 Å². The van der Waals surface area contributed by atoms with E-state index in [1.165, 1.54) is 18.3 Å². The van der Waals surface area contributed by atoms with Gasteiger partial charge in [0.05, 0.1) is 16.9 Å². The lowest BCUT2D eigenvalue weighted by atomic mass is 10.3. The highest BCUT2D eigenvalue weighted by atomic mass is 35.5. The van der Waals surface area contributed by atoms with E-state index in [1.54, 1.807) is 18.2 Å². The number of nitrogens with one attached hydrogen (secondary N) is 1. The molecule has 0 aliphatic carbocycles. The predicted octanol–water partition coefficient (Wildman–Crippen LogP) is 3.66. The van der Waals surface area contributed by atoms with Crippen LogP contribution in [-0.4, -0.2) is 11.6 Å². The molecule has 2 aromatic rings. The van der Waals surface area contributed by atoms with Crippen LogP contribution in [0.4, 0.5) is 26.0 Å². The summed E-state index contributed by atoms with van der Waals surface area (Å²) in [6.07, 6.45) is 1.46. The number of pyridine rings is 1. The van der Waals surface area contributed by atoms with Crippen molar-refractivity contribution in [3.8, 4) is 5.75 Å². The predicted molar refractivity (Wildman–Crippen MR) is 70.0 cm³/mol. The van der Waals surface area contributed by atoms with Crippen molar-refractivity contribution in [1.29, 1.82) is 0 Å². The molecule has 4 nitrogen and oxygen atoms in total. The topological polar surface area (TPSA) is 60.2 Å². The monoisotopic (exact) mass is 285 g/mol. The molecular formula is C12H10ClF2N3O. The highest BCUT2D eigenvalue weighted by Gasteiger charge is 2.05. The summed E-state index contributed by atoms with van der Waals surface area (Å²) in [6, 6.07) is 7.54. The molecule has 100 valence electrons. The molecule has 1 aromatic carbocycles. The first kappa shape index (κ1) is 13.4. The SMILES string of the molecule is Nc1cnc(Nc2ccc(OC(F)F)cc2)c(Cl)c1. The van der Waals surface area contributed by atoms with Crippen LogP contribution in [0.25, 0.3) is 0 Å². The van der Waals surface area contributed by atoms with Crippen molar-refractivity contribution < 1.29 is 13.5 Å². The fourth-order valence-corrected chi connectivity index (χ4v) is 1.62. The Bertz CT molecular complexity index is 563. The summed E-state index contributed by atoms with van der Waals surface area (Å²) in [6.45, 7) is -2.84. The fourth-order valence-electron chi connectivity index (χ4n) is 1.40. The van der Waals surface area contributed by atoms with E-state index in [4.69, 9.17) is 17.3 Å². The van der Waals surface area contributed by atoms with Crippen LogP contribution in [0.2, 0.25) is 5.02 Å². The minimum absolute atomic E-state index is 0.0805. The van der Waals surface area contributed by atoms with Crippen LogP contribution in [0.15, 0.2) is 36.5 Å². The van der Waals surface area contributed by atoms with Crippen LogP contribution in [0.3, 0.4) is 0 Å². The number of nitrogen functional groups attached to an aromatic ring is 1. The Morgan fingerprint density at radius 3 is 2.53 bits per heavy atom. The molecule has 0 saturated carbocycles. The van der Waals surface area contributed by atoms with Gasteiger partial charge in [-0.25, -0.2) is 4.98 Å². The Morgan fingerprint density at radius 2 is 1.95 bits per heavy atom. The second-order valence-electron chi connectivity index (χ2n) is 3.63. The molecule has 0 unspecified atom stereocenters. The standard InChI is InChI=1S/C12H10ClF2N3O/c13-10-5-7(16)6-17-11(10)18-8-1-3-9(4-2-8)19-12(14)15/h1-6,12H,16H2,(H,17,18). The molecule has 0 aliphatic heterocycles. The zero-order valence-electron chi connectivity index (χ0n) is 9.61. The molecule has 1 aromatic heterocycles. The maximum absolute atomic E-state index is 12.0. The number of alkyl halides is 2. The Kier molecular flexibility index (Phi) is 4.01. The molecule has 0 saturated heterocycles. The van der Waals surface area contributed by atoms with E-state index in [0.717, 1.165) is 0 Å². The molecule has 0 aliphatic rings. The number of ether oxygens (including phenoxy) is 1. The number of nitrogens with zero attached hydrogens (tertiary/aromatic N) is 1. The lowest BCUT2D eigenvalue weighted by molar-refractivity contribution is -0.0498. The lowest BCUT2D eigenvalue weighted by Crippen LogP contribution is -2.02. The Labute approximate surface area is 113 Å². The maximum atomic E-state index is 12.0. The minimum Gasteiger partial charge on any atom is -0.435 e. The first-order chi connectivity index (χ1) is 9.04. The first-order valence-corrected chi connectivity index (χ1v) is 5.65. The molecule has 0 amide bonds. The van der Waals surface area contributed by atoms with Gasteiger partial charge in [0.2, 0.25) is 0 Å². The Balaban J connectivity index is 2.10. The summed E-state index contributed by atoms with van der Waals surface area (Å²) in [5.41, 5.74) is 6.62. The summed E-state index contributed by atoms with van der Waals surface area (Å²) < 4.78 is 28.2. The maximum Gasteiger partial charge on any atom is 0.387 e. The average Bonchev–Trinajstić information content (AvgIpc) is 2.34. The third-order valence-electron chi connectivity index (χ3n) is 2.20. The van der Waals surface area contributed by atoms with Crippen molar-refractivity contribution in [1.82, 2.24) is 4.98 Å². The number of aromatic nitrogens is 1. The van der Waals surface area contributed by atoms with Gasteiger partial charge in [-0.15, -0.1) is 0 Å². The van der Waals surface area contributed by atoms with Crippen molar-refractivity contribution in [3.05, 3.63) is 41.6 Å². The van der Waals surface area contributed by atoms with Gasteiger partial charge < -0.3 is 15.8 Å². The van der Waals surface area contributed by atoms with Crippen molar-refractivity contribution in [2.24, 2.45) is 0 Å². The zero-order valence-corrected chi connectivity index (χ0v) is 10.4. The van der Waals surface area contributed by atoms with Gasteiger partial charge in [0.1, 0.15) is 11.6 Å². The van der Waals surface area contributed by atoms with Crippen molar-refractivity contribution in [3.63, 3.8) is 0 Å². The smallest absolute Gasteiger partial charge is 0.387 e. The molecule has 0 spiro atoms. The highest BCUT2D eigenvalue weighted by molar-refractivity contribution is 6.33. The van der Waals surface area contributed by atoms with Gasteiger partial charge in [0.25, 0.3) is 0 Å². The molecule has 19 heavy (non-hydrogen) atoms. The summed E-state index contributed by atoms with van der Waals surface area (Å²) >= 11 is 5.95. The molecule has 0 fully saturated rings. The Morgan fingerprint density at radius 1 is 1.26 bits per heavy atom. The van der Waals surface area contributed by atoms with Gasteiger partial charge in [-0.1, -0.05) is 11.6 Å². The number of hydrogen-bond acceptors (Lipinski definition) is 4. The molecule has 0 radical (unpaired) electrons. The number of rotatable bonds is 4. The Hall–Kier alpha value is -2.08. The van der Waals surface area contributed by atoms with Crippen LogP contribution >= 0.6 is 11.6 Å². The van der Waals surface area contributed by atoms with Crippen molar-refractivity contribution in [2.45, 2.75) is 6.61 Å². The van der Waals surface area contributed by atoms with Gasteiger partial charge in [-0.3, -0.25) is 0 Å². The molecule has 1 heterocycles. The summed E-state index contributed by atoms with van der Waals surface area (Å²) in [5.74, 6) is 0.510. The van der Waals surface area contributed by atoms with Gasteiger partial charge in [-0.05, 0) is 30.3 Å². The average molecular weight is 286 g/mol. The van der Waals surface area contributed by atoms with E-state index in [1.807, 2.05) is 0 Å². The molecule has 3 N–H and O–H groups in total. The van der Waals surface area contributed by atoms with Crippen LogP contribution < -0.4 is 15.8 Å². The van der Waals surface area contributed by atoms with Gasteiger partial charge in [0.15, 0.2) is 0 Å². The normalized spacial score (nSPS) is 10.5. The second kappa shape index (κ2) is 5.71. The van der Waals surface area contributed by atoms with Crippen molar-refractivity contribution >= 4 is 28.8 Å². The highest BCUT2D eigenvalue weighted by Crippen LogP contribution is 2.26. The van der Waals surface area contributed by atoms with Crippen LogP contribution in [0.5, 0.6) is 5.75 Å². The van der Waals surface area contributed by atoms with E-state index in [9.17, 15) is 8.78 Å². The molecule has 0 atom stereocenters. The largest absolute Gasteiger partial charge is 0.435 e. The number of hydrogen-bond donors (Lipinski definition) is 2. The third-order valence-corrected chi connectivity index (χ3v) is 2.49. The van der Waals surface area contributed by atoms with E-state index in [-0.39, 0.29) is 5.75 Å². The number of halogens is 3. The summed E-state index contributed by atoms with van der Waals surface area (Å²) in [5, 5.41) is 3.31. The van der Waals surface area contributed by atoms with Crippen LogP contribution in [0.1, 0.15) is 0 Å². The van der Waals surface area contributed by atoms with Crippen LogP contribution in [0, 0.1) is 0 Å². The number of anilines is 3. The number of nitrogens with two attached hydrogens (primary N) is 1. The molecule has 2 rings (SSSR count). The molecule has 0 bridgehead atoms. The second-order valence-corrected chi connectivity index (χ2v) is 4.03. The van der Waals surface area contributed by atoms with Crippen molar-refractivity contribution in [2.75, 3.05) is 11.1 Å². The number of benzene rings is 1. The van der Waals surface area contributed by atoms with E-state index in [0.29, 0.717) is 22.2 Å². The van der Waals surface area contributed by atoms with Gasteiger partial charge >= 0.3 is 6.61 Å². The summed E-state index contributed by atoms with van der Waals surface area (Å²) in [4.78, 5) is 4.02. The van der Waals surface area contributed by atoms with Gasteiger partial charge in [0, 0.05) is 5.69 Å². The van der Waals surface area contributed by atoms with E-state index < -0.39 is 6.61 Å². The third kappa shape index (κ3) is 3.69.